The lowest BCUT2D eigenvalue weighted by Gasteiger charge is -2.39. The van der Waals surface area contributed by atoms with Gasteiger partial charge in [0.15, 0.2) is 0 Å². The third-order valence-corrected chi connectivity index (χ3v) is 6.81. The van der Waals surface area contributed by atoms with Crippen LogP contribution in [0.4, 0.5) is 0 Å². The number of nitrogens with two attached hydrogens (primary N) is 1. The van der Waals surface area contributed by atoms with Gasteiger partial charge < -0.3 is 5.73 Å². The topological polar surface area (TPSA) is 63.4 Å². The highest BCUT2D eigenvalue weighted by Gasteiger charge is 2.36. The highest BCUT2D eigenvalue weighted by Crippen LogP contribution is 2.34. The molecule has 0 aliphatic carbocycles. The maximum atomic E-state index is 11.9. The Labute approximate surface area is 103 Å². The van der Waals surface area contributed by atoms with Gasteiger partial charge in [0.25, 0.3) is 0 Å². The fourth-order valence-electron chi connectivity index (χ4n) is 2.05. The monoisotopic (exact) mass is 266 g/mol. The quantitative estimate of drug-likeness (QED) is 0.802. The molecular weight excluding hydrogens is 244 g/mol. The summed E-state index contributed by atoms with van der Waals surface area (Å²) in [5, 5.41) is 0. The average Bonchev–Trinajstić information content (AvgIpc) is 2.29. The van der Waals surface area contributed by atoms with Crippen molar-refractivity contribution < 1.29 is 8.42 Å². The summed E-state index contributed by atoms with van der Waals surface area (Å²) in [5.41, 5.74) is 5.77. The predicted octanol–water partition coefficient (Wildman–Crippen LogP) is 0.883. The van der Waals surface area contributed by atoms with Gasteiger partial charge in [-0.3, -0.25) is 0 Å². The van der Waals surface area contributed by atoms with Gasteiger partial charge in [-0.25, -0.2) is 12.7 Å². The smallest absolute Gasteiger partial charge is 0.214 e. The van der Waals surface area contributed by atoms with Crippen LogP contribution in [0.25, 0.3) is 0 Å². The third-order valence-electron chi connectivity index (χ3n) is 3.29. The first-order valence-corrected chi connectivity index (χ1v) is 8.56. The van der Waals surface area contributed by atoms with E-state index in [1.165, 1.54) is 0 Å². The van der Waals surface area contributed by atoms with Gasteiger partial charge in [0.1, 0.15) is 0 Å². The molecule has 1 heterocycles. The molecule has 1 saturated heterocycles. The molecule has 0 saturated carbocycles. The summed E-state index contributed by atoms with van der Waals surface area (Å²) < 4.78 is 25.4. The Kier molecular flexibility index (Phi) is 5.10. The molecule has 96 valence electrons. The summed E-state index contributed by atoms with van der Waals surface area (Å²) in [4.78, 5) is 0. The summed E-state index contributed by atoms with van der Waals surface area (Å²) in [7, 11) is -3.02. The van der Waals surface area contributed by atoms with E-state index in [0.29, 0.717) is 26.1 Å². The summed E-state index contributed by atoms with van der Waals surface area (Å²) in [6, 6.07) is 0. The van der Waals surface area contributed by atoms with E-state index in [-0.39, 0.29) is 10.5 Å². The second kappa shape index (κ2) is 5.71. The van der Waals surface area contributed by atoms with Gasteiger partial charge in [-0.15, -0.1) is 0 Å². The van der Waals surface area contributed by atoms with Crippen molar-refractivity contribution in [1.29, 1.82) is 0 Å². The summed E-state index contributed by atoms with van der Waals surface area (Å²) >= 11 is 1.77. The van der Waals surface area contributed by atoms with Crippen molar-refractivity contribution in [3.8, 4) is 0 Å². The van der Waals surface area contributed by atoms with Crippen molar-refractivity contribution in [3.63, 3.8) is 0 Å². The Morgan fingerprint density at radius 1 is 1.38 bits per heavy atom. The van der Waals surface area contributed by atoms with Crippen LogP contribution in [-0.4, -0.2) is 49.1 Å². The minimum atomic E-state index is -3.02. The van der Waals surface area contributed by atoms with E-state index in [1.807, 2.05) is 6.92 Å². The van der Waals surface area contributed by atoms with Crippen molar-refractivity contribution in [1.82, 2.24) is 4.31 Å². The van der Waals surface area contributed by atoms with E-state index in [2.05, 4.69) is 6.26 Å². The second-order valence-corrected chi connectivity index (χ2v) is 7.67. The predicted molar refractivity (Wildman–Crippen MR) is 70.2 cm³/mol. The minimum Gasteiger partial charge on any atom is -0.329 e. The largest absolute Gasteiger partial charge is 0.329 e. The molecule has 4 nitrogen and oxygen atoms in total. The Morgan fingerprint density at radius 2 is 1.94 bits per heavy atom. The highest BCUT2D eigenvalue weighted by molar-refractivity contribution is 8.00. The van der Waals surface area contributed by atoms with E-state index in [0.717, 1.165) is 12.8 Å². The molecule has 1 fully saturated rings. The summed E-state index contributed by atoms with van der Waals surface area (Å²) in [5.74, 6) is 0.266. The third kappa shape index (κ3) is 3.12. The zero-order valence-corrected chi connectivity index (χ0v) is 11.7. The lowest BCUT2D eigenvalue weighted by molar-refractivity contribution is 0.301. The first-order chi connectivity index (χ1) is 7.49. The molecule has 0 amide bonds. The fourth-order valence-corrected chi connectivity index (χ4v) is 4.32. The average molecular weight is 266 g/mol. The van der Waals surface area contributed by atoms with Crippen molar-refractivity contribution in [3.05, 3.63) is 0 Å². The Bertz CT molecular complexity index is 303. The lowest BCUT2D eigenvalue weighted by Crippen LogP contribution is -2.48. The number of sulfonamides is 1. The first kappa shape index (κ1) is 14.3. The van der Waals surface area contributed by atoms with Gasteiger partial charge in [0, 0.05) is 24.4 Å². The molecule has 1 aliphatic rings. The normalized spacial score (nSPS) is 22.2. The molecule has 6 heteroatoms. The number of rotatable bonds is 5. The molecule has 0 aromatic rings. The molecular formula is C10H22N2O2S2. The van der Waals surface area contributed by atoms with Crippen LogP contribution in [-0.2, 0) is 10.0 Å². The van der Waals surface area contributed by atoms with Crippen molar-refractivity contribution in [2.75, 3.05) is 31.6 Å². The molecule has 1 aliphatic heterocycles. The maximum absolute atomic E-state index is 11.9. The van der Waals surface area contributed by atoms with Gasteiger partial charge >= 0.3 is 0 Å². The van der Waals surface area contributed by atoms with Crippen LogP contribution < -0.4 is 5.73 Å². The Hall–Kier alpha value is 0.220. The number of piperidine rings is 1. The molecule has 0 unspecified atom stereocenters. The van der Waals surface area contributed by atoms with Crippen molar-refractivity contribution in [2.45, 2.75) is 30.9 Å². The van der Waals surface area contributed by atoms with Crippen LogP contribution in [0.1, 0.15) is 26.2 Å². The van der Waals surface area contributed by atoms with E-state index >= 15 is 0 Å². The first-order valence-electron chi connectivity index (χ1n) is 5.73. The lowest BCUT2D eigenvalue weighted by atomic mass is 9.97. The molecule has 0 atom stereocenters. The van der Waals surface area contributed by atoms with Gasteiger partial charge in [-0.1, -0.05) is 6.92 Å². The Morgan fingerprint density at radius 3 is 2.31 bits per heavy atom. The number of thioether (sulfide) groups is 1. The fraction of sp³-hybridized carbons (Fsp3) is 1.00. The summed E-state index contributed by atoms with van der Waals surface area (Å²) in [6.07, 6.45) is 4.48. The number of hydrogen-bond donors (Lipinski definition) is 1. The van der Waals surface area contributed by atoms with E-state index in [9.17, 15) is 8.42 Å². The van der Waals surface area contributed by atoms with E-state index in [4.69, 9.17) is 5.73 Å². The van der Waals surface area contributed by atoms with Crippen LogP contribution in [0.15, 0.2) is 0 Å². The Balaban J connectivity index is 2.61. The van der Waals surface area contributed by atoms with E-state index in [1.54, 1.807) is 16.1 Å². The maximum Gasteiger partial charge on any atom is 0.214 e. The molecule has 0 aromatic heterocycles. The number of nitrogens with zero attached hydrogens (tertiary/aromatic N) is 1. The van der Waals surface area contributed by atoms with Crippen LogP contribution in [0.2, 0.25) is 0 Å². The van der Waals surface area contributed by atoms with Crippen LogP contribution >= 0.6 is 11.8 Å². The molecule has 16 heavy (non-hydrogen) atoms. The number of hydrogen-bond acceptors (Lipinski definition) is 4. The van der Waals surface area contributed by atoms with Crippen molar-refractivity contribution in [2.24, 2.45) is 5.73 Å². The van der Waals surface area contributed by atoms with Gasteiger partial charge in [0.2, 0.25) is 10.0 Å². The zero-order chi connectivity index (χ0) is 12.2. The van der Waals surface area contributed by atoms with E-state index < -0.39 is 10.0 Å². The SMILES string of the molecule is CCCS(=O)(=O)N1CCC(CN)(SC)CC1. The zero-order valence-electron chi connectivity index (χ0n) is 10.1. The van der Waals surface area contributed by atoms with Crippen LogP contribution in [0.5, 0.6) is 0 Å². The molecule has 1 rings (SSSR count). The molecule has 0 aromatic carbocycles. The second-order valence-electron chi connectivity index (χ2n) is 4.31. The standard InChI is InChI=1S/C10H22N2O2S2/c1-3-8-16(13,14)12-6-4-10(9-11,15-2)5-7-12/h3-9,11H2,1-2H3. The minimum absolute atomic E-state index is 0.0955. The van der Waals surface area contributed by atoms with Crippen molar-refractivity contribution >= 4 is 21.8 Å². The molecule has 0 radical (unpaired) electrons. The van der Waals surface area contributed by atoms with Gasteiger partial charge in [-0.05, 0) is 25.5 Å². The highest BCUT2D eigenvalue weighted by atomic mass is 32.2. The van der Waals surface area contributed by atoms with Gasteiger partial charge in [-0.2, -0.15) is 11.8 Å². The molecule has 0 spiro atoms. The summed E-state index contributed by atoms with van der Waals surface area (Å²) in [6.45, 7) is 3.78. The van der Waals surface area contributed by atoms with Gasteiger partial charge in [0.05, 0.1) is 5.75 Å². The molecule has 0 bridgehead atoms. The molecule has 2 N–H and O–H groups in total. The van der Waals surface area contributed by atoms with Crippen LogP contribution in [0.3, 0.4) is 0 Å². The van der Waals surface area contributed by atoms with Crippen LogP contribution in [0, 0.1) is 0 Å².